The third-order valence-corrected chi connectivity index (χ3v) is 5.65. The number of benzene rings is 1. The lowest BCUT2D eigenvalue weighted by Gasteiger charge is -2.34. The molecule has 6 nitrogen and oxygen atoms in total. The number of carbonyl (C=O) groups is 1. The van der Waals surface area contributed by atoms with E-state index in [0.717, 1.165) is 58.1 Å². The molecule has 28 heavy (non-hydrogen) atoms. The molecule has 1 aromatic rings. The summed E-state index contributed by atoms with van der Waals surface area (Å²) in [6, 6.07) is 8.86. The molecule has 1 heterocycles. The molecule has 1 aromatic carbocycles. The number of hydrogen-bond donors (Lipinski definition) is 2. The normalized spacial score (nSPS) is 15.8. The number of nitrogens with one attached hydrogen (secondary N) is 2. The molecule has 2 N–H and O–H groups in total. The maximum absolute atomic E-state index is 11.6. The van der Waals surface area contributed by atoms with E-state index in [-0.39, 0.29) is 5.91 Å². The van der Waals surface area contributed by atoms with Crippen LogP contribution in [0.2, 0.25) is 0 Å². The van der Waals surface area contributed by atoms with E-state index in [1.54, 1.807) is 7.05 Å². The lowest BCUT2D eigenvalue weighted by Crippen LogP contribution is -2.45. The Kier molecular flexibility index (Phi) is 9.28. The second kappa shape index (κ2) is 11.7. The summed E-state index contributed by atoms with van der Waals surface area (Å²) in [5, 5.41) is 6.22. The molecular formula is C22H37N5O. The molecule has 1 aliphatic rings. The first kappa shape index (κ1) is 22.2. The minimum atomic E-state index is 0.144. The molecule has 0 unspecified atom stereocenters. The maximum Gasteiger partial charge on any atom is 0.220 e. The van der Waals surface area contributed by atoms with Crippen LogP contribution < -0.4 is 10.6 Å². The smallest absolute Gasteiger partial charge is 0.220 e. The van der Waals surface area contributed by atoms with Crippen LogP contribution in [-0.2, 0) is 17.9 Å². The van der Waals surface area contributed by atoms with Gasteiger partial charge in [0.05, 0.1) is 0 Å². The number of guanidine groups is 1. The van der Waals surface area contributed by atoms with Crippen molar-refractivity contribution in [1.29, 1.82) is 0 Å². The van der Waals surface area contributed by atoms with E-state index in [2.05, 4.69) is 63.5 Å². The molecule has 0 aliphatic carbocycles. The standard InChI is InChI=1S/C22H37N5O/c1-5-26(6-2)17-20-9-7-19(8-10-20)16-25-22(24-4)27-13-11-18(12-14-27)15-21(28)23-3/h7-10,18H,5-6,11-17H2,1-4H3,(H,23,28)(H,24,25). The van der Waals surface area contributed by atoms with Gasteiger partial charge in [0.2, 0.25) is 5.91 Å². The lowest BCUT2D eigenvalue weighted by molar-refractivity contribution is -0.121. The van der Waals surface area contributed by atoms with Crippen LogP contribution in [0, 0.1) is 5.92 Å². The molecule has 2 rings (SSSR count). The number of likely N-dealkylation sites (tertiary alicyclic amines) is 1. The van der Waals surface area contributed by atoms with E-state index in [4.69, 9.17) is 0 Å². The fourth-order valence-corrected chi connectivity index (χ4v) is 3.69. The minimum absolute atomic E-state index is 0.144. The zero-order valence-electron chi connectivity index (χ0n) is 18.0. The van der Waals surface area contributed by atoms with Gasteiger partial charge >= 0.3 is 0 Å². The van der Waals surface area contributed by atoms with Gasteiger partial charge in [-0.3, -0.25) is 14.7 Å². The summed E-state index contributed by atoms with van der Waals surface area (Å²) in [6.07, 6.45) is 2.71. The highest BCUT2D eigenvalue weighted by Crippen LogP contribution is 2.20. The molecule has 0 aromatic heterocycles. The Morgan fingerprint density at radius 2 is 1.75 bits per heavy atom. The Labute approximate surface area is 170 Å². The monoisotopic (exact) mass is 387 g/mol. The van der Waals surface area contributed by atoms with Crippen LogP contribution in [-0.4, -0.2) is 61.9 Å². The van der Waals surface area contributed by atoms with E-state index in [0.29, 0.717) is 12.3 Å². The highest BCUT2D eigenvalue weighted by atomic mass is 16.1. The molecule has 1 saturated heterocycles. The second-order valence-electron chi connectivity index (χ2n) is 7.49. The third kappa shape index (κ3) is 6.82. The number of carbonyl (C=O) groups excluding carboxylic acids is 1. The van der Waals surface area contributed by atoms with Crippen LogP contribution in [0.4, 0.5) is 0 Å². The van der Waals surface area contributed by atoms with Crippen molar-refractivity contribution in [3.05, 3.63) is 35.4 Å². The second-order valence-corrected chi connectivity index (χ2v) is 7.49. The number of rotatable bonds is 8. The first-order chi connectivity index (χ1) is 13.6. The van der Waals surface area contributed by atoms with Crippen molar-refractivity contribution in [3.8, 4) is 0 Å². The van der Waals surface area contributed by atoms with Gasteiger partial charge in [-0.05, 0) is 43.0 Å². The van der Waals surface area contributed by atoms with Crippen molar-refractivity contribution in [2.45, 2.75) is 46.2 Å². The maximum atomic E-state index is 11.6. The summed E-state index contributed by atoms with van der Waals surface area (Å²) in [5.74, 6) is 1.57. The van der Waals surface area contributed by atoms with Crippen molar-refractivity contribution in [3.63, 3.8) is 0 Å². The van der Waals surface area contributed by atoms with E-state index in [9.17, 15) is 4.79 Å². The zero-order valence-corrected chi connectivity index (χ0v) is 18.0. The highest BCUT2D eigenvalue weighted by molar-refractivity contribution is 5.80. The number of amides is 1. The van der Waals surface area contributed by atoms with E-state index in [1.807, 2.05) is 7.05 Å². The average Bonchev–Trinajstić information content (AvgIpc) is 2.74. The molecule has 156 valence electrons. The Morgan fingerprint density at radius 1 is 1.14 bits per heavy atom. The number of nitrogens with zero attached hydrogens (tertiary/aromatic N) is 3. The van der Waals surface area contributed by atoms with Crippen LogP contribution in [0.5, 0.6) is 0 Å². The van der Waals surface area contributed by atoms with Gasteiger partial charge in [0, 0.05) is 46.7 Å². The number of aliphatic imine (C=N–C) groups is 1. The van der Waals surface area contributed by atoms with Crippen molar-refractivity contribution in [2.24, 2.45) is 10.9 Å². The van der Waals surface area contributed by atoms with Crippen LogP contribution >= 0.6 is 0 Å². The quantitative estimate of drug-likeness (QED) is 0.531. The van der Waals surface area contributed by atoms with Crippen LogP contribution in [0.25, 0.3) is 0 Å². The Hall–Kier alpha value is -2.08. The fraction of sp³-hybridized carbons (Fsp3) is 0.636. The molecule has 1 aliphatic heterocycles. The summed E-state index contributed by atoms with van der Waals surface area (Å²) in [5.41, 5.74) is 2.62. The van der Waals surface area contributed by atoms with Crippen LogP contribution in [0.3, 0.4) is 0 Å². The third-order valence-electron chi connectivity index (χ3n) is 5.65. The van der Waals surface area contributed by atoms with Crippen molar-refractivity contribution < 1.29 is 4.79 Å². The van der Waals surface area contributed by atoms with Crippen molar-refractivity contribution in [2.75, 3.05) is 40.3 Å². The van der Waals surface area contributed by atoms with Gasteiger partial charge in [0.15, 0.2) is 5.96 Å². The van der Waals surface area contributed by atoms with E-state index < -0.39 is 0 Å². The Balaban J connectivity index is 1.80. The van der Waals surface area contributed by atoms with Gasteiger partial charge in [-0.25, -0.2) is 0 Å². The minimum Gasteiger partial charge on any atom is -0.359 e. The molecule has 1 amide bonds. The molecule has 1 fully saturated rings. The summed E-state index contributed by atoms with van der Waals surface area (Å²) >= 11 is 0. The predicted molar refractivity (Wildman–Crippen MR) is 116 cm³/mol. The average molecular weight is 388 g/mol. The van der Waals surface area contributed by atoms with Gasteiger partial charge in [-0.15, -0.1) is 0 Å². The van der Waals surface area contributed by atoms with Gasteiger partial charge in [-0.1, -0.05) is 38.1 Å². The summed E-state index contributed by atoms with van der Waals surface area (Å²) in [4.78, 5) is 20.7. The zero-order chi connectivity index (χ0) is 20.4. The number of hydrogen-bond acceptors (Lipinski definition) is 3. The topological polar surface area (TPSA) is 60.0 Å². The SMILES string of the molecule is CCN(CC)Cc1ccc(CNC(=NC)N2CCC(CC(=O)NC)CC2)cc1. The van der Waals surface area contributed by atoms with Crippen LogP contribution in [0.15, 0.2) is 29.3 Å². The molecule has 0 spiro atoms. The Bertz CT molecular complexity index is 616. The molecule has 0 saturated carbocycles. The Morgan fingerprint density at radius 3 is 2.29 bits per heavy atom. The van der Waals surface area contributed by atoms with E-state index in [1.165, 1.54) is 11.1 Å². The highest BCUT2D eigenvalue weighted by Gasteiger charge is 2.22. The molecule has 0 radical (unpaired) electrons. The fourth-order valence-electron chi connectivity index (χ4n) is 3.69. The predicted octanol–water partition coefficient (Wildman–Crippen LogP) is 2.45. The van der Waals surface area contributed by atoms with Crippen molar-refractivity contribution >= 4 is 11.9 Å². The molecule has 0 atom stereocenters. The van der Waals surface area contributed by atoms with Crippen LogP contribution in [0.1, 0.15) is 44.2 Å². The number of piperidine rings is 1. The van der Waals surface area contributed by atoms with Crippen molar-refractivity contribution in [1.82, 2.24) is 20.4 Å². The molecular weight excluding hydrogens is 350 g/mol. The van der Waals surface area contributed by atoms with Gasteiger partial charge < -0.3 is 15.5 Å². The first-order valence-electron chi connectivity index (χ1n) is 10.6. The summed E-state index contributed by atoms with van der Waals surface area (Å²) in [7, 11) is 3.55. The largest absolute Gasteiger partial charge is 0.359 e. The first-order valence-corrected chi connectivity index (χ1v) is 10.6. The molecule has 6 heteroatoms. The summed E-state index contributed by atoms with van der Waals surface area (Å²) in [6.45, 7) is 10.2. The van der Waals surface area contributed by atoms with Gasteiger partial charge in [0.1, 0.15) is 0 Å². The van der Waals surface area contributed by atoms with Gasteiger partial charge in [-0.2, -0.15) is 0 Å². The lowest BCUT2D eigenvalue weighted by atomic mass is 9.93. The summed E-state index contributed by atoms with van der Waals surface area (Å²) < 4.78 is 0. The molecule has 0 bridgehead atoms. The van der Waals surface area contributed by atoms with Gasteiger partial charge in [0.25, 0.3) is 0 Å². The van der Waals surface area contributed by atoms with E-state index >= 15 is 0 Å².